The van der Waals surface area contributed by atoms with Gasteiger partial charge in [0.1, 0.15) is 5.15 Å². The second-order valence-electron chi connectivity index (χ2n) is 4.33. The van der Waals surface area contributed by atoms with Gasteiger partial charge in [-0.25, -0.2) is 18.7 Å². The summed E-state index contributed by atoms with van der Waals surface area (Å²) in [6, 6.07) is 3.18. The predicted molar refractivity (Wildman–Crippen MR) is 71.0 cm³/mol. The number of aromatic nitrogens is 3. The third kappa shape index (κ3) is 3.60. The van der Waals surface area contributed by atoms with Crippen molar-refractivity contribution in [3.63, 3.8) is 0 Å². The first-order valence-corrected chi connectivity index (χ1v) is 6.22. The summed E-state index contributed by atoms with van der Waals surface area (Å²) in [6.45, 7) is 2.09. The summed E-state index contributed by atoms with van der Waals surface area (Å²) in [7, 11) is 0. The van der Waals surface area contributed by atoms with Crippen LogP contribution in [0.25, 0.3) is 11.3 Å². The largest absolute Gasteiger partial charge is 0.468 e. The van der Waals surface area contributed by atoms with E-state index in [2.05, 4.69) is 15.0 Å². The molecule has 1 atom stereocenters. The molecule has 2 heterocycles. The van der Waals surface area contributed by atoms with Gasteiger partial charge < -0.3 is 4.74 Å². The lowest BCUT2D eigenvalue weighted by atomic mass is 10.2. The molecule has 0 spiro atoms. The first kappa shape index (κ1) is 14.6. The van der Waals surface area contributed by atoms with Gasteiger partial charge in [-0.05, 0) is 13.0 Å². The number of alkyl halides is 2. The minimum atomic E-state index is -2.93. The van der Waals surface area contributed by atoms with Crippen LogP contribution in [-0.4, -0.2) is 27.0 Å². The van der Waals surface area contributed by atoms with Crippen molar-refractivity contribution in [2.24, 2.45) is 0 Å². The molecule has 20 heavy (non-hydrogen) atoms. The van der Waals surface area contributed by atoms with Crippen molar-refractivity contribution < 1.29 is 13.5 Å². The van der Waals surface area contributed by atoms with E-state index in [1.165, 1.54) is 31.6 Å². The summed E-state index contributed by atoms with van der Waals surface area (Å²) in [4.78, 5) is 12.0. The maximum Gasteiger partial charge on any atom is 0.281 e. The zero-order valence-corrected chi connectivity index (χ0v) is 11.6. The van der Waals surface area contributed by atoms with E-state index in [4.69, 9.17) is 16.3 Å². The van der Waals surface area contributed by atoms with Crippen molar-refractivity contribution in [3.8, 4) is 17.1 Å². The molecule has 0 radical (unpaired) electrons. The highest BCUT2D eigenvalue weighted by Gasteiger charge is 2.32. The van der Waals surface area contributed by atoms with Crippen molar-refractivity contribution in [1.82, 2.24) is 15.0 Å². The van der Waals surface area contributed by atoms with Gasteiger partial charge in [0.25, 0.3) is 5.92 Å². The fraction of sp³-hybridized carbons (Fsp3) is 0.308. The lowest BCUT2D eigenvalue weighted by Gasteiger charge is -2.20. The molecule has 0 amide bonds. The maximum atomic E-state index is 13.0. The highest BCUT2D eigenvalue weighted by atomic mass is 35.5. The number of hydrogen-bond acceptors (Lipinski definition) is 4. The Bertz CT molecular complexity index is 570. The number of ether oxygens (including phenoxy) is 1. The Hall–Kier alpha value is -1.82. The summed E-state index contributed by atoms with van der Waals surface area (Å²) in [5, 5.41) is 0.292. The summed E-state index contributed by atoms with van der Waals surface area (Å²) in [6.07, 6.45) is 3.15. The molecule has 0 N–H and O–H groups in total. The van der Waals surface area contributed by atoms with E-state index in [1.54, 1.807) is 6.07 Å². The van der Waals surface area contributed by atoms with Crippen molar-refractivity contribution in [2.45, 2.75) is 25.9 Å². The summed E-state index contributed by atoms with van der Waals surface area (Å²) in [5.74, 6) is -2.80. The molecule has 2 rings (SSSR count). The fourth-order valence-electron chi connectivity index (χ4n) is 1.35. The molecule has 0 aliphatic carbocycles. The van der Waals surface area contributed by atoms with Crippen LogP contribution in [0, 0.1) is 0 Å². The minimum absolute atomic E-state index is 0.129. The molecule has 2 aromatic heterocycles. The highest BCUT2D eigenvalue weighted by molar-refractivity contribution is 6.29. The molecule has 0 saturated carbocycles. The topological polar surface area (TPSA) is 47.9 Å². The van der Waals surface area contributed by atoms with Crippen LogP contribution in [0.2, 0.25) is 5.15 Å². The number of nitrogens with zero attached hydrogens (tertiary/aromatic N) is 3. The molecule has 0 aromatic carbocycles. The normalized spacial score (nSPS) is 13.1. The molecule has 0 bridgehead atoms. The van der Waals surface area contributed by atoms with Gasteiger partial charge >= 0.3 is 0 Å². The number of pyridine rings is 1. The molecule has 106 valence electrons. The molecule has 7 heteroatoms. The van der Waals surface area contributed by atoms with Crippen molar-refractivity contribution in [1.29, 1.82) is 0 Å². The van der Waals surface area contributed by atoms with Gasteiger partial charge in [-0.15, -0.1) is 0 Å². The van der Waals surface area contributed by atoms with E-state index in [0.717, 1.165) is 6.92 Å². The van der Waals surface area contributed by atoms with E-state index in [1.807, 2.05) is 0 Å². The van der Waals surface area contributed by atoms with Crippen LogP contribution in [0.3, 0.4) is 0 Å². The molecule has 0 aliphatic heterocycles. The predicted octanol–water partition coefficient (Wildman–Crippen LogP) is 3.61. The van der Waals surface area contributed by atoms with E-state index in [9.17, 15) is 8.78 Å². The van der Waals surface area contributed by atoms with E-state index < -0.39 is 12.0 Å². The van der Waals surface area contributed by atoms with Crippen LogP contribution in [0.5, 0.6) is 5.88 Å². The van der Waals surface area contributed by atoms with Gasteiger partial charge in [-0.2, -0.15) is 0 Å². The van der Waals surface area contributed by atoms with Gasteiger partial charge in [0, 0.05) is 24.8 Å². The second kappa shape index (κ2) is 5.66. The Morgan fingerprint density at radius 2 is 1.90 bits per heavy atom. The lowest BCUT2D eigenvalue weighted by Crippen LogP contribution is -2.32. The standard InChI is InChI=1S/C13H12ClF2N3O/c1-8(13(2,15)16)20-12-4-3-9(5-19-12)10-6-18-11(14)7-17-10/h3-8H,1-2H3. The van der Waals surface area contributed by atoms with Gasteiger partial charge in [0.05, 0.1) is 18.1 Å². The molecule has 4 nitrogen and oxygen atoms in total. The van der Waals surface area contributed by atoms with Crippen molar-refractivity contribution >= 4 is 11.6 Å². The van der Waals surface area contributed by atoms with E-state index in [0.29, 0.717) is 16.4 Å². The smallest absolute Gasteiger partial charge is 0.281 e. The number of halogens is 3. The van der Waals surface area contributed by atoms with Crippen molar-refractivity contribution in [2.75, 3.05) is 0 Å². The third-order valence-electron chi connectivity index (χ3n) is 2.66. The number of hydrogen-bond donors (Lipinski definition) is 0. The second-order valence-corrected chi connectivity index (χ2v) is 4.71. The Morgan fingerprint density at radius 1 is 1.15 bits per heavy atom. The molecular weight excluding hydrogens is 288 g/mol. The summed E-state index contributed by atoms with van der Waals surface area (Å²) >= 11 is 5.64. The molecule has 0 aliphatic rings. The van der Waals surface area contributed by atoms with E-state index >= 15 is 0 Å². The Balaban J connectivity index is 2.12. The minimum Gasteiger partial charge on any atom is -0.468 e. The zero-order chi connectivity index (χ0) is 14.8. The van der Waals surface area contributed by atoms with Crippen LogP contribution < -0.4 is 4.74 Å². The molecule has 0 saturated heterocycles. The van der Waals surface area contributed by atoms with Crippen LogP contribution in [0.15, 0.2) is 30.7 Å². The maximum absolute atomic E-state index is 13.0. The monoisotopic (exact) mass is 299 g/mol. The highest BCUT2D eigenvalue weighted by Crippen LogP contribution is 2.23. The van der Waals surface area contributed by atoms with Crippen LogP contribution >= 0.6 is 11.6 Å². The molecule has 2 aromatic rings. The molecule has 0 fully saturated rings. The van der Waals surface area contributed by atoms with E-state index in [-0.39, 0.29) is 5.88 Å². The van der Waals surface area contributed by atoms with Gasteiger partial charge in [-0.3, -0.25) is 4.98 Å². The first-order chi connectivity index (χ1) is 9.36. The molecular formula is C13H12ClF2N3O. The quantitative estimate of drug-likeness (QED) is 0.865. The fourth-order valence-corrected chi connectivity index (χ4v) is 1.45. The zero-order valence-electron chi connectivity index (χ0n) is 10.8. The van der Waals surface area contributed by atoms with Gasteiger partial charge in [0.15, 0.2) is 6.10 Å². The van der Waals surface area contributed by atoms with Gasteiger partial charge in [0.2, 0.25) is 5.88 Å². The average molecular weight is 300 g/mol. The Morgan fingerprint density at radius 3 is 2.40 bits per heavy atom. The summed E-state index contributed by atoms with van der Waals surface area (Å²) < 4.78 is 31.1. The Kier molecular flexibility index (Phi) is 4.13. The average Bonchev–Trinajstić information content (AvgIpc) is 2.39. The third-order valence-corrected chi connectivity index (χ3v) is 2.86. The van der Waals surface area contributed by atoms with Crippen molar-refractivity contribution in [3.05, 3.63) is 35.9 Å². The SMILES string of the molecule is CC(Oc1ccc(-c2cnc(Cl)cn2)cn1)C(C)(F)F. The summed E-state index contributed by atoms with van der Waals surface area (Å²) in [5.41, 5.74) is 1.28. The lowest BCUT2D eigenvalue weighted by molar-refractivity contribution is -0.0732. The van der Waals surface area contributed by atoms with Gasteiger partial charge in [-0.1, -0.05) is 11.6 Å². The van der Waals surface area contributed by atoms with Crippen LogP contribution in [0.1, 0.15) is 13.8 Å². The van der Waals surface area contributed by atoms with Crippen LogP contribution in [0.4, 0.5) is 8.78 Å². The number of rotatable bonds is 4. The Labute approximate surface area is 119 Å². The van der Waals surface area contributed by atoms with Crippen LogP contribution in [-0.2, 0) is 0 Å². The molecule has 1 unspecified atom stereocenters. The first-order valence-electron chi connectivity index (χ1n) is 5.84.